The van der Waals surface area contributed by atoms with Crippen LogP contribution >= 0.6 is 0 Å². The van der Waals surface area contributed by atoms with Crippen LogP contribution in [-0.4, -0.2) is 38.1 Å². The molecular weight excluding hydrogens is 276 g/mol. The molecule has 0 atom stereocenters. The maximum absolute atomic E-state index is 11.5. The molecule has 0 bridgehead atoms. The van der Waals surface area contributed by atoms with Crippen LogP contribution in [0.3, 0.4) is 0 Å². The van der Waals surface area contributed by atoms with E-state index in [1.165, 1.54) is 16.7 Å². The van der Waals surface area contributed by atoms with Crippen LogP contribution in [0.2, 0.25) is 0 Å². The third kappa shape index (κ3) is 4.23. The summed E-state index contributed by atoms with van der Waals surface area (Å²) in [6, 6.07) is 4.45. The second kappa shape index (κ2) is 7.63. The van der Waals surface area contributed by atoms with Gasteiger partial charge in [0.15, 0.2) is 0 Å². The van der Waals surface area contributed by atoms with Gasteiger partial charge in [-0.1, -0.05) is 12.1 Å². The monoisotopic (exact) mass is 304 g/mol. The number of carbonyl (C=O) groups is 1. The number of carbonyl (C=O) groups excluding carboxylic acids is 1. The molecule has 0 aromatic heterocycles. The predicted octanol–water partition coefficient (Wildman–Crippen LogP) is 2.66. The van der Waals surface area contributed by atoms with Crippen molar-refractivity contribution in [1.82, 2.24) is 10.2 Å². The minimum Gasteiger partial charge on any atom is -0.496 e. The van der Waals surface area contributed by atoms with E-state index in [1.54, 1.807) is 14.2 Å². The molecule has 122 valence electrons. The number of amides is 1. The highest BCUT2D eigenvalue weighted by Gasteiger charge is 2.21. The third-order valence-corrected chi connectivity index (χ3v) is 4.59. The second-order valence-electron chi connectivity index (χ2n) is 6.36. The highest BCUT2D eigenvalue weighted by Crippen LogP contribution is 2.26. The summed E-state index contributed by atoms with van der Waals surface area (Å²) in [7, 11) is 3.44. The summed E-state index contributed by atoms with van der Waals surface area (Å²) in [4.78, 5) is 13.9. The van der Waals surface area contributed by atoms with Gasteiger partial charge in [-0.15, -0.1) is 0 Å². The molecule has 22 heavy (non-hydrogen) atoms. The molecule has 0 unspecified atom stereocenters. The number of rotatable bonds is 5. The molecule has 1 aliphatic rings. The van der Waals surface area contributed by atoms with Gasteiger partial charge in [-0.05, 0) is 62.4 Å². The maximum atomic E-state index is 11.5. The Morgan fingerprint density at radius 3 is 2.36 bits per heavy atom. The molecule has 1 fully saturated rings. The van der Waals surface area contributed by atoms with E-state index in [9.17, 15) is 4.79 Å². The van der Waals surface area contributed by atoms with Gasteiger partial charge in [-0.3, -0.25) is 9.69 Å². The fourth-order valence-corrected chi connectivity index (χ4v) is 3.42. The van der Waals surface area contributed by atoms with Gasteiger partial charge >= 0.3 is 0 Å². The molecule has 1 N–H and O–H groups in total. The summed E-state index contributed by atoms with van der Waals surface area (Å²) < 4.78 is 5.43. The van der Waals surface area contributed by atoms with Crippen LogP contribution in [0.25, 0.3) is 0 Å². The average molecular weight is 304 g/mol. The number of nitrogens with one attached hydrogen (secondary N) is 1. The van der Waals surface area contributed by atoms with Crippen molar-refractivity contribution >= 4 is 5.91 Å². The summed E-state index contributed by atoms with van der Waals surface area (Å²) in [5.74, 6) is 1.70. The zero-order chi connectivity index (χ0) is 16.1. The third-order valence-electron chi connectivity index (χ3n) is 4.59. The van der Waals surface area contributed by atoms with Crippen LogP contribution < -0.4 is 10.1 Å². The van der Waals surface area contributed by atoms with Crippen LogP contribution in [0.4, 0.5) is 0 Å². The van der Waals surface area contributed by atoms with Crippen LogP contribution in [0.5, 0.6) is 5.75 Å². The summed E-state index contributed by atoms with van der Waals surface area (Å²) >= 11 is 0. The molecule has 4 heteroatoms. The first kappa shape index (κ1) is 16.8. The lowest BCUT2D eigenvalue weighted by Gasteiger charge is -2.31. The smallest absolute Gasteiger partial charge is 0.220 e. The Kier molecular flexibility index (Phi) is 5.83. The van der Waals surface area contributed by atoms with Gasteiger partial charge in [-0.2, -0.15) is 0 Å². The van der Waals surface area contributed by atoms with Gasteiger partial charge in [0.05, 0.1) is 7.11 Å². The Morgan fingerprint density at radius 1 is 1.27 bits per heavy atom. The molecule has 2 rings (SSSR count). The molecule has 1 aromatic rings. The van der Waals surface area contributed by atoms with E-state index in [1.807, 2.05) is 0 Å². The largest absolute Gasteiger partial charge is 0.496 e. The van der Waals surface area contributed by atoms with Crippen LogP contribution in [0.1, 0.15) is 36.0 Å². The molecule has 1 aromatic carbocycles. The van der Waals surface area contributed by atoms with E-state index in [0.717, 1.165) is 38.2 Å². The summed E-state index contributed by atoms with van der Waals surface area (Å²) in [6.45, 7) is 7.34. The van der Waals surface area contributed by atoms with E-state index < -0.39 is 0 Å². The van der Waals surface area contributed by atoms with Crippen molar-refractivity contribution in [2.24, 2.45) is 5.92 Å². The van der Waals surface area contributed by atoms with Crippen LogP contribution in [0.15, 0.2) is 12.1 Å². The minimum atomic E-state index is 0.167. The molecule has 1 aliphatic heterocycles. The van der Waals surface area contributed by atoms with E-state index in [2.05, 4.69) is 36.2 Å². The van der Waals surface area contributed by atoms with Crippen LogP contribution in [-0.2, 0) is 11.3 Å². The lowest BCUT2D eigenvalue weighted by Crippen LogP contribution is -2.35. The lowest BCUT2D eigenvalue weighted by molar-refractivity contribution is -0.121. The number of aryl methyl sites for hydroxylation is 2. The molecule has 0 radical (unpaired) electrons. The predicted molar refractivity (Wildman–Crippen MR) is 89.2 cm³/mol. The van der Waals surface area contributed by atoms with E-state index >= 15 is 0 Å². The fourth-order valence-electron chi connectivity index (χ4n) is 3.42. The first-order valence-corrected chi connectivity index (χ1v) is 8.10. The number of nitrogens with zero attached hydrogens (tertiary/aromatic N) is 1. The quantitative estimate of drug-likeness (QED) is 0.909. The SMILES string of the molecule is CNC(=O)CC1CCN(Cc2cc(C)c(OC)c(C)c2)CC1. The average Bonchev–Trinajstić information content (AvgIpc) is 2.49. The summed E-state index contributed by atoms with van der Waals surface area (Å²) in [5, 5.41) is 2.72. The Hall–Kier alpha value is -1.55. The highest BCUT2D eigenvalue weighted by atomic mass is 16.5. The van der Waals surface area contributed by atoms with Crippen molar-refractivity contribution in [3.63, 3.8) is 0 Å². The first-order chi connectivity index (χ1) is 10.5. The Bertz CT molecular complexity index is 497. The standard InChI is InChI=1S/C18H28N2O2/c1-13-9-16(10-14(2)18(13)22-4)12-20-7-5-15(6-8-20)11-17(21)19-3/h9-10,15H,5-8,11-12H2,1-4H3,(H,19,21). The number of benzene rings is 1. The van der Waals surface area contributed by atoms with Gasteiger partial charge in [0, 0.05) is 20.0 Å². The zero-order valence-corrected chi connectivity index (χ0v) is 14.2. The Morgan fingerprint density at radius 2 is 1.86 bits per heavy atom. The van der Waals surface area contributed by atoms with Gasteiger partial charge in [0.25, 0.3) is 0 Å². The van der Waals surface area contributed by atoms with Crippen molar-refractivity contribution in [3.8, 4) is 5.75 Å². The number of piperidine rings is 1. The van der Waals surface area contributed by atoms with E-state index in [0.29, 0.717) is 12.3 Å². The number of likely N-dealkylation sites (tertiary alicyclic amines) is 1. The molecule has 4 nitrogen and oxygen atoms in total. The molecule has 1 amide bonds. The topological polar surface area (TPSA) is 41.6 Å². The number of ether oxygens (including phenoxy) is 1. The number of hydrogen-bond acceptors (Lipinski definition) is 3. The van der Waals surface area contributed by atoms with Crippen molar-refractivity contribution < 1.29 is 9.53 Å². The normalized spacial score (nSPS) is 16.5. The molecule has 0 aliphatic carbocycles. The van der Waals surface area contributed by atoms with E-state index in [-0.39, 0.29) is 5.91 Å². The summed E-state index contributed by atoms with van der Waals surface area (Å²) in [6.07, 6.45) is 2.90. The summed E-state index contributed by atoms with van der Waals surface area (Å²) in [5.41, 5.74) is 3.75. The minimum absolute atomic E-state index is 0.167. The number of hydrogen-bond donors (Lipinski definition) is 1. The lowest BCUT2D eigenvalue weighted by atomic mass is 9.93. The first-order valence-electron chi connectivity index (χ1n) is 8.10. The molecule has 1 heterocycles. The van der Waals surface area contributed by atoms with Gasteiger partial charge < -0.3 is 10.1 Å². The number of methoxy groups -OCH3 is 1. The van der Waals surface area contributed by atoms with Gasteiger partial charge in [0.1, 0.15) is 5.75 Å². The fraction of sp³-hybridized carbons (Fsp3) is 0.611. The van der Waals surface area contributed by atoms with Crippen molar-refractivity contribution in [1.29, 1.82) is 0 Å². The Labute approximate surface area is 133 Å². The van der Waals surface area contributed by atoms with Crippen LogP contribution in [0, 0.1) is 19.8 Å². The van der Waals surface area contributed by atoms with Crippen molar-refractivity contribution in [2.45, 2.75) is 39.7 Å². The molecular formula is C18H28N2O2. The molecule has 0 spiro atoms. The molecule has 1 saturated heterocycles. The van der Waals surface area contributed by atoms with Crippen molar-refractivity contribution in [2.75, 3.05) is 27.2 Å². The van der Waals surface area contributed by atoms with Crippen molar-refractivity contribution in [3.05, 3.63) is 28.8 Å². The van der Waals surface area contributed by atoms with E-state index in [4.69, 9.17) is 4.74 Å². The zero-order valence-electron chi connectivity index (χ0n) is 14.2. The highest BCUT2D eigenvalue weighted by molar-refractivity contribution is 5.75. The van der Waals surface area contributed by atoms with Gasteiger partial charge in [-0.25, -0.2) is 0 Å². The Balaban J connectivity index is 1.90. The van der Waals surface area contributed by atoms with Gasteiger partial charge in [0.2, 0.25) is 5.91 Å². The second-order valence-corrected chi connectivity index (χ2v) is 6.36. The maximum Gasteiger partial charge on any atom is 0.220 e. The molecule has 0 saturated carbocycles.